The second-order valence-corrected chi connectivity index (χ2v) is 12.4. The van der Waals surface area contributed by atoms with Gasteiger partial charge in [-0.05, 0) is 60.6 Å². The molecule has 0 atom stereocenters. The number of carbonyl (C=O) groups is 1. The van der Waals surface area contributed by atoms with Gasteiger partial charge in [-0.1, -0.05) is 55.5 Å². The van der Waals surface area contributed by atoms with Gasteiger partial charge in [0.1, 0.15) is 0 Å². The number of hydrogen-bond donors (Lipinski definition) is 1. The molecular weight excluding hydrogens is 508 g/mol. The monoisotopic (exact) mass is 540 g/mol. The van der Waals surface area contributed by atoms with Gasteiger partial charge in [0.05, 0.1) is 17.5 Å². The highest BCUT2D eigenvalue weighted by Gasteiger charge is 2.20. The number of nitrogens with zero attached hydrogens (tertiary/aromatic N) is 1. The van der Waals surface area contributed by atoms with Gasteiger partial charge in [0.15, 0.2) is 0 Å². The van der Waals surface area contributed by atoms with Crippen molar-refractivity contribution in [1.29, 1.82) is 0 Å². The van der Waals surface area contributed by atoms with Crippen molar-refractivity contribution in [3.8, 4) is 0 Å². The van der Waals surface area contributed by atoms with Crippen molar-refractivity contribution in [1.82, 2.24) is 0 Å². The van der Waals surface area contributed by atoms with E-state index in [9.17, 15) is 13.2 Å². The second kappa shape index (κ2) is 12.7. The molecule has 0 spiro atoms. The molecule has 0 radical (unpaired) electrons. The number of rotatable bonds is 12. The average Bonchev–Trinajstić information content (AvgIpc) is 2.72. The van der Waals surface area contributed by atoms with Crippen LogP contribution in [0.1, 0.15) is 56.3 Å². The summed E-state index contributed by atoms with van der Waals surface area (Å²) in [6.07, 6.45) is 7.52. The maximum Gasteiger partial charge on any atom is 0.257 e. The first kappa shape index (κ1) is 26.7. The molecule has 2 rings (SSSR count). The smallest absolute Gasteiger partial charge is 0.257 e. The summed E-state index contributed by atoms with van der Waals surface area (Å²) < 4.78 is 25.8. The maximum atomic E-state index is 12.8. The van der Waals surface area contributed by atoms with Crippen LogP contribution in [0, 0.1) is 5.92 Å². The van der Waals surface area contributed by atoms with E-state index in [2.05, 4.69) is 35.1 Å². The number of sulfonamides is 1. The van der Waals surface area contributed by atoms with E-state index in [1.165, 1.54) is 44.0 Å². The minimum absolute atomic E-state index is 0.289. The number of hydrogen-bond acceptors (Lipinski definition) is 4. The number of unbranched alkanes of at least 4 members (excludes halogenated alkanes) is 3. The molecule has 2 aromatic carbocycles. The Morgan fingerprint density at radius 3 is 2.34 bits per heavy atom. The first-order valence-electron chi connectivity index (χ1n) is 10.9. The quantitative estimate of drug-likeness (QED) is 0.237. The van der Waals surface area contributed by atoms with Crippen LogP contribution in [0.15, 0.2) is 51.8 Å². The maximum absolute atomic E-state index is 12.8. The Morgan fingerprint density at radius 2 is 1.72 bits per heavy atom. The third kappa shape index (κ3) is 8.79. The fourth-order valence-corrected chi connectivity index (χ4v) is 4.94. The van der Waals surface area contributed by atoms with Gasteiger partial charge in [0, 0.05) is 22.1 Å². The third-order valence-electron chi connectivity index (χ3n) is 5.10. The molecule has 0 unspecified atom stereocenters. The van der Waals surface area contributed by atoms with E-state index in [0.29, 0.717) is 15.8 Å². The van der Waals surface area contributed by atoms with Crippen LogP contribution in [0.25, 0.3) is 0 Å². The van der Waals surface area contributed by atoms with E-state index in [1.807, 2.05) is 36.0 Å². The number of nitrogens with one attached hydrogen (secondary N) is 1. The molecule has 0 aromatic heterocycles. The molecular formula is C24H33BrN2O3S2. The summed E-state index contributed by atoms with van der Waals surface area (Å²) in [5.41, 5.74) is 1.28. The number of amides is 1. The molecule has 32 heavy (non-hydrogen) atoms. The lowest BCUT2D eigenvalue weighted by atomic mass is 10.0. The van der Waals surface area contributed by atoms with Gasteiger partial charge in [-0.3, -0.25) is 9.10 Å². The zero-order chi connectivity index (χ0) is 23.7. The molecule has 0 aliphatic rings. The summed E-state index contributed by atoms with van der Waals surface area (Å²) >= 11 is 5.17. The number of anilines is 2. The largest absolute Gasteiger partial charge is 0.322 e. The Labute approximate surface area is 205 Å². The van der Waals surface area contributed by atoms with E-state index in [-0.39, 0.29) is 11.5 Å². The van der Waals surface area contributed by atoms with Crippen LogP contribution in [0.3, 0.4) is 0 Å². The van der Waals surface area contributed by atoms with Crippen LogP contribution in [0.4, 0.5) is 11.4 Å². The van der Waals surface area contributed by atoms with Gasteiger partial charge in [-0.25, -0.2) is 8.42 Å². The molecule has 1 amide bonds. The number of thioether (sulfide) groups is 1. The highest BCUT2D eigenvalue weighted by molar-refractivity contribution is 9.10. The molecule has 2 aromatic rings. The Balaban J connectivity index is 1.92. The summed E-state index contributed by atoms with van der Waals surface area (Å²) in [5, 5.41) is 2.87. The predicted octanol–water partition coefficient (Wildman–Crippen LogP) is 6.80. The number of benzene rings is 2. The van der Waals surface area contributed by atoms with Crippen LogP contribution < -0.4 is 9.62 Å². The lowest BCUT2D eigenvalue weighted by Crippen LogP contribution is -2.27. The molecule has 5 nitrogen and oxygen atoms in total. The summed E-state index contributed by atoms with van der Waals surface area (Å²) in [6.45, 7) is 4.54. The molecule has 0 fully saturated rings. The zero-order valence-electron chi connectivity index (χ0n) is 19.2. The van der Waals surface area contributed by atoms with Crippen molar-refractivity contribution < 1.29 is 13.2 Å². The van der Waals surface area contributed by atoms with E-state index >= 15 is 0 Å². The second-order valence-electron chi connectivity index (χ2n) is 8.32. The van der Waals surface area contributed by atoms with Crippen LogP contribution in [-0.2, 0) is 10.0 Å². The summed E-state index contributed by atoms with van der Waals surface area (Å²) in [6, 6.07) is 12.7. The standard InChI is InChI=1S/C24H33BrN2O3S2/c1-18(2)9-7-5-6-8-16-31-21-13-11-20(12-14-21)26-24(28)22-15-10-19(25)17-23(22)27(3)32(4,29)30/h10-15,17-18H,5-9,16H2,1-4H3,(H,26,28). The Kier molecular flexibility index (Phi) is 10.6. The van der Waals surface area contributed by atoms with Crippen LogP contribution in [-0.4, -0.2) is 33.4 Å². The minimum Gasteiger partial charge on any atom is -0.322 e. The van der Waals surface area contributed by atoms with Crippen molar-refractivity contribution in [2.75, 3.05) is 28.7 Å². The van der Waals surface area contributed by atoms with Gasteiger partial charge in [-0.15, -0.1) is 11.8 Å². The van der Waals surface area contributed by atoms with Crippen LogP contribution in [0.2, 0.25) is 0 Å². The summed E-state index contributed by atoms with van der Waals surface area (Å²) in [7, 11) is -2.06. The van der Waals surface area contributed by atoms with Crippen LogP contribution >= 0.6 is 27.7 Å². The van der Waals surface area contributed by atoms with Gasteiger partial charge in [0.2, 0.25) is 10.0 Å². The predicted molar refractivity (Wildman–Crippen MR) is 140 cm³/mol. The van der Waals surface area contributed by atoms with Crippen molar-refractivity contribution in [3.05, 3.63) is 52.5 Å². The molecule has 0 saturated heterocycles. The zero-order valence-corrected chi connectivity index (χ0v) is 22.4. The molecule has 8 heteroatoms. The normalized spacial score (nSPS) is 11.6. The Bertz CT molecular complexity index is 993. The molecule has 176 valence electrons. The van der Waals surface area contributed by atoms with Crippen molar-refractivity contribution in [2.24, 2.45) is 5.92 Å². The number of carbonyl (C=O) groups excluding carboxylic acids is 1. The Morgan fingerprint density at radius 1 is 1.06 bits per heavy atom. The molecule has 0 aliphatic heterocycles. The highest BCUT2D eigenvalue weighted by atomic mass is 79.9. The lowest BCUT2D eigenvalue weighted by Gasteiger charge is -2.20. The van der Waals surface area contributed by atoms with E-state index in [4.69, 9.17) is 0 Å². The molecule has 0 saturated carbocycles. The van der Waals surface area contributed by atoms with Gasteiger partial charge in [-0.2, -0.15) is 0 Å². The van der Waals surface area contributed by atoms with E-state index in [0.717, 1.165) is 22.2 Å². The average molecular weight is 542 g/mol. The molecule has 1 N–H and O–H groups in total. The van der Waals surface area contributed by atoms with Gasteiger partial charge < -0.3 is 5.32 Å². The molecule has 0 aliphatic carbocycles. The molecule has 0 bridgehead atoms. The van der Waals surface area contributed by atoms with Crippen molar-refractivity contribution >= 4 is 55.0 Å². The first-order chi connectivity index (χ1) is 15.1. The fraction of sp³-hybridized carbons (Fsp3) is 0.458. The summed E-state index contributed by atoms with van der Waals surface area (Å²) in [4.78, 5) is 14.0. The van der Waals surface area contributed by atoms with E-state index in [1.54, 1.807) is 18.2 Å². The number of halogens is 1. The van der Waals surface area contributed by atoms with Crippen molar-refractivity contribution in [2.45, 2.75) is 50.8 Å². The molecule has 0 heterocycles. The van der Waals surface area contributed by atoms with E-state index < -0.39 is 10.0 Å². The topological polar surface area (TPSA) is 66.5 Å². The minimum atomic E-state index is -3.50. The van der Waals surface area contributed by atoms with Crippen molar-refractivity contribution in [3.63, 3.8) is 0 Å². The lowest BCUT2D eigenvalue weighted by molar-refractivity contribution is 0.102. The fourth-order valence-electron chi connectivity index (χ4n) is 3.17. The van der Waals surface area contributed by atoms with Gasteiger partial charge >= 0.3 is 0 Å². The highest BCUT2D eigenvalue weighted by Crippen LogP contribution is 2.28. The third-order valence-corrected chi connectivity index (χ3v) is 7.88. The van der Waals surface area contributed by atoms with Gasteiger partial charge in [0.25, 0.3) is 5.91 Å². The SMILES string of the molecule is CC(C)CCCCCCSc1ccc(NC(=O)c2ccc(Br)cc2N(C)S(C)(=O)=O)cc1. The first-order valence-corrected chi connectivity index (χ1v) is 14.5. The Hall–Kier alpha value is -1.51. The van der Waals surface area contributed by atoms with Crippen LogP contribution in [0.5, 0.6) is 0 Å². The summed E-state index contributed by atoms with van der Waals surface area (Å²) in [5.74, 6) is 1.53.